The molecule has 0 spiro atoms. The van der Waals surface area contributed by atoms with E-state index >= 15 is 0 Å². The van der Waals surface area contributed by atoms with E-state index in [1.54, 1.807) is 0 Å². The molecule has 14 heavy (non-hydrogen) atoms. The molecule has 2 aliphatic rings. The molecule has 80 valence electrons. The van der Waals surface area contributed by atoms with Crippen molar-refractivity contribution >= 4 is 5.91 Å². The van der Waals surface area contributed by atoms with Crippen LogP contribution in [0, 0.1) is 11.8 Å². The van der Waals surface area contributed by atoms with Gasteiger partial charge in [-0.1, -0.05) is 6.42 Å². The number of hydrogen-bond acceptors (Lipinski definition) is 3. The zero-order chi connectivity index (χ0) is 10.1. The number of likely N-dealkylation sites (tertiary alicyclic amines) is 1. The number of fused-ring (bicyclic) bond motifs is 1. The quantitative estimate of drug-likeness (QED) is 0.597. The highest BCUT2D eigenvalue weighted by Crippen LogP contribution is 2.35. The summed E-state index contributed by atoms with van der Waals surface area (Å²) < 4.78 is 0. The second-order valence-corrected chi connectivity index (χ2v) is 4.52. The summed E-state index contributed by atoms with van der Waals surface area (Å²) in [4.78, 5) is 13.3. The van der Waals surface area contributed by atoms with Crippen molar-refractivity contribution in [2.45, 2.75) is 25.3 Å². The zero-order valence-electron chi connectivity index (χ0n) is 8.48. The molecule has 0 aromatic heterocycles. The molecule has 3 atom stereocenters. The van der Waals surface area contributed by atoms with Crippen molar-refractivity contribution in [1.82, 2.24) is 4.90 Å². The van der Waals surface area contributed by atoms with Crippen LogP contribution >= 0.6 is 0 Å². The minimum atomic E-state index is 0.0756. The SMILES string of the molecule is NCC(=O)N1CC2CCCC(N)C2C1. The summed E-state index contributed by atoms with van der Waals surface area (Å²) in [6.45, 7) is 1.85. The van der Waals surface area contributed by atoms with Crippen molar-refractivity contribution in [2.75, 3.05) is 19.6 Å². The van der Waals surface area contributed by atoms with Gasteiger partial charge in [-0.25, -0.2) is 0 Å². The van der Waals surface area contributed by atoms with Gasteiger partial charge in [-0.15, -0.1) is 0 Å². The summed E-state index contributed by atoms with van der Waals surface area (Å²) in [6.07, 6.45) is 3.56. The molecule has 4 heteroatoms. The van der Waals surface area contributed by atoms with Gasteiger partial charge in [-0.2, -0.15) is 0 Å². The Balaban J connectivity index is 2.00. The van der Waals surface area contributed by atoms with Gasteiger partial charge < -0.3 is 16.4 Å². The van der Waals surface area contributed by atoms with E-state index in [-0.39, 0.29) is 12.5 Å². The molecule has 1 heterocycles. The van der Waals surface area contributed by atoms with E-state index < -0.39 is 0 Å². The highest BCUT2D eigenvalue weighted by Gasteiger charge is 2.39. The van der Waals surface area contributed by atoms with Crippen molar-refractivity contribution in [3.8, 4) is 0 Å². The van der Waals surface area contributed by atoms with Crippen LogP contribution < -0.4 is 11.5 Å². The Morgan fingerprint density at radius 2 is 2.14 bits per heavy atom. The molecule has 1 saturated heterocycles. The van der Waals surface area contributed by atoms with E-state index in [2.05, 4.69) is 0 Å². The van der Waals surface area contributed by atoms with Crippen molar-refractivity contribution in [3.05, 3.63) is 0 Å². The monoisotopic (exact) mass is 197 g/mol. The van der Waals surface area contributed by atoms with Gasteiger partial charge in [0.05, 0.1) is 6.54 Å². The maximum atomic E-state index is 11.4. The Morgan fingerprint density at radius 3 is 2.79 bits per heavy atom. The summed E-state index contributed by atoms with van der Waals surface area (Å²) in [5.41, 5.74) is 11.4. The van der Waals surface area contributed by atoms with Crippen molar-refractivity contribution in [2.24, 2.45) is 23.3 Å². The third-order valence-electron chi connectivity index (χ3n) is 3.68. The van der Waals surface area contributed by atoms with Crippen LogP contribution in [0.3, 0.4) is 0 Å². The van der Waals surface area contributed by atoms with E-state index in [0.29, 0.717) is 17.9 Å². The second-order valence-electron chi connectivity index (χ2n) is 4.52. The van der Waals surface area contributed by atoms with Gasteiger partial charge in [0.15, 0.2) is 0 Å². The lowest BCUT2D eigenvalue weighted by molar-refractivity contribution is -0.128. The van der Waals surface area contributed by atoms with Gasteiger partial charge in [0, 0.05) is 19.1 Å². The number of hydrogen-bond donors (Lipinski definition) is 2. The average molecular weight is 197 g/mol. The first-order valence-corrected chi connectivity index (χ1v) is 5.45. The van der Waals surface area contributed by atoms with E-state index in [0.717, 1.165) is 19.5 Å². The molecule has 4 N–H and O–H groups in total. The van der Waals surface area contributed by atoms with E-state index in [4.69, 9.17) is 11.5 Å². The van der Waals surface area contributed by atoms with Crippen LogP contribution in [0.1, 0.15) is 19.3 Å². The average Bonchev–Trinajstić information content (AvgIpc) is 2.62. The van der Waals surface area contributed by atoms with E-state index in [9.17, 15) is 4.79 Å². The highest BCUT2D eigenvalue weighted by molar-refractivity contribution is 5.78. The first kappa shape index (κ1) is 9.93. The molecule has 1 saturated carbocycles. The van der Waals surface area contributed by atoms with Crippen LogP contribution in [0.5, 0.6) is 0 Å². The van der Waals surface area contributed by atoms with Crippen LogP contribution in [0.25, 0.3) is 0 Å². The Morgan fingerprint density at radius 1 is 1.36 bits per heavy atom. The third kappa shape index (κ3) is 1.64. The van der Waals surface area contributed by atoms with Crippen LogP contribution in [0.2, 0.25) is 0 Å². The third-order valence-corrected chi connectivity index (χ3v) is 3.68. The number of amides is 1. The predicted octanol–water partition coefficient (Wildman–Crippen LogP) is -0.469. The molecule has 1 amide bonds. The van der Waals surface area contributed by atoms with Gasteiger partial charge in [0.2, 0.25) is 5.91 Å². The highest BCUT2D eigenvalue weighted by atomic mass is 16.2. The molecule has 3 unspecified atom stereocenters. The van der Waals surface area contributed by atoms with Gasteiger partial charge in [-0.05, 0) is 24.7 Å². The van der Waals surface area contributed by atoms with Crippen LogP contribution in [-0.2, 0) is 4.79 Å². The Hall–Kier alpha value is -0.610. The van der Waals surface area contributed by atoms with Gasteiger partial charge >= 0.3 is 0 Å². The Labute approximate surface area is 84.6 Å². The zero-order valence-corrected chi connectivity index (χ0v) is 8.48. The molecular formula is C10H19N3O. The lowest BCUT2D eigenvalue weighted by Gasteiger charge is -2.29. The summed E-state index contributed by atoms with van der Waals surface area (Å²) in [5, 5.41) is 0. The molecule has 0 bridgehead atoms. The maximum Gasteiger partial charge on any atom is 0.236 e. The smallest absolute Gasteiger partial charge is 0.236 e. The van der Waals surface area contributed by atoms with Gasteiger partial charge in [0.1, 0.15) is 0 Å². The summed E-state index contributed by atoms with van der Waals surface area (Å²) in [6, 6.07) is 0.296. The summed E-state index contributed by atoms with van der Waals surface area (Å²) >= 11 is 0. The Bertz CT molecular complexity index is 231. The van der Waals surface area contributed by atoms with Gasteiger partial charge in [0.25, 0.3) is 0 Å². The van der Waals surface area contributed by atoms with Crippen LogP contribution in [0.4, 0.5) is 0 Å². The molecule has 0 aromatic carbocycles. The normalized spacial score (nSPS) is 37.0. The first-order chi connectivity index (χ1) is 6.72. The van der Waals surface area contributed by atoms with E-state index in [1.807, 2.05) is 4.90 Å². The van der Waals surface area contributed by atoms with Crippen LogP contribution in [0.15, 0.2) is 0 Å². The lowest BCUT2D eigenvalue weighted by atomic mass is 9.78. The predicted molar refractivity (Wildman–Crippen MR) is 54.4 cm³/mol. The number of nitrogens with zero attached hydrogens (tertiary/aromatic N) is 1. The van der Waals surface area contributed by atoms with Crippen LogP contribution in [-0.4, -0.2) is 36.5 Å². The molecule has 0 aromatic rings. The fourth-order valence-corrected chi connectivity index (χ4v) is 2.85. The van der Waals surface area contributed by atoms with Crippen molar-refractivity contribution in [3.63, 3.8) is 0 Å². The summed E-state index contributed by atoms with van der Waals surface area (Å²) in [5.74, 6) is 1.24. The topological polar surface area (TPSA) is 72.4 Å². The second kappa shape index (κ2) is 3.87. The number of rotatable bonds is 1. The van der Waals surface area contributed by atoms with Crippen molar-refractivity contribution < 1.29 is 4.79 Å². The first-order valence-electron chi connectivity index (χ1n) is 5.45. The molecule has 2 fully saturated rings. The lowest BCUT2D eigenvalue weighted by Crippen LogP contribution is -2.39. The molecule has 1 aliphatic heterocycles. The van der Waals surface area contributed by atoms with Crippen molar-refractivity contribution in [1.29, 1.82) is 0 Å². The largest absolute Gasteiger partial charge is 0.341 e. The number of carbonyl (C=O) groups is 1. The maximum absolute atomic E-state index is 11.4. The Kier molecular flexibility index (Phi) is 2.74. The minimum Gasteiger partial charge on any atom is -0.341 e. The fourth-order valence-electron chi connectivity index (χ4n) is 2.85. The van der Waals surface area contributed by atoms with E-state index in [1.165, 1.54) is 12.8 Å². The molecule has 2 rings (SSSR count). The standard InChI is InChI=1S/C10H19N3O/c11-4-10(14)13-5-7-2-1-3-9(12)8(7)6-13/h7-9H,1-6,11-12H2. The molecule has 1 aliphatic carbocycles. The number of nitrogens with two attached hydrogens (primary N) is 2. The fraction of sp³-hybridized carbons (Fsp3) is 0.900. The molecule has 0 radical (unpaired) electrons. The minimum absolute atomic E-state index is 0.0756. The number of carbonyl (C=O) groups excluding carboxylic acids is 1. The molecule has 4 nitrogen and oxygen atoms in total. The van der Waals surface area contributed by atoms with Gasteiger partial charge in [-0.3, -0.25) is 4.79 Å². The summed E-state index contributed by atoms with van der Waals surface area (Å²) in [7, 11) is 0. The molecular weight excluding hydrogens is 178 g/mol.